The summed E-state index contributed by atoms with van der Waals surface area (Å²) in [6, 6.07) is 0. The topological polar surface area (TPSA) is 24.7 Å². The van der Waals surface area contributed by atoms with Crippen LogP contribution in [0.4, 0.5) is 0 Å². The van der Waals surface area contributed by atoms with E-state index in [1.54, 1.807) is 12.4 Å². The second-order valence-electron chi connectivity index (χ2n) is 1.98. The minimum Gasteiger partial charge on any atom is -0.236 e. The van der Waals surface area contributed by atoms with Crippen molar-refractivity contribution in [2.24, 2.45) is 9.98 Å². The van der Waals surface area contributed by atoms with E-state index in [9.17, 15) is 0 Å². The normalized spacial score (nSPS) is 23.0. The lowest BCUT2D eigenvalue weighted by molar-refractivity contribution is 1.26. The molecule has 0 bridgehead atoms. The van der Waals surface area contributed by atoms with Crippen LogP contribution in [-0.4, -0.2) is 12.4 Å². The molecule has 1 aliphatic carbocycles. The molecule has 0 atom stereocenters. The van der Waals surface area contributed by atoms with Gasteiger partial charge in [0.1, 0.15) is 0 Å². The second-order valence-corrected chi connectivity index (χ2v) is 1.98. The molecular weight excluding hydrogens is 100 g/mol. The Morgan fingerprint density at radius 1 is 1.12 bits per heavy atom. The van der Waals surface area contributed by atoms with Gasteiger partial charge in [0.25, 0.3) is 0 Å². The van der Waals surface area contributed by atoms with Gasteiger partial charge in [-0.05, 0) is 18.4 Å². The van der Waals surface area contributed by atoms with Crippen LogP contribution in [0.15, 0.2) is 21.4 Å². The van der Waals surface area contributed by atoms with E-state index < -0.39 is 0 Å². The van der Waals surface area contributed by atoms with E-state index in [1.165, 1.54) is 18.4 Å². The Morgan fingerprint density at radius 2 is 1.75 bits per heavy atom. The molecule has 40 valence electrons. The molecular formula is C6H6N2. The minimum absolute atomic E-state index is 0.963. The van der Waals surface area contributed by atoms with E-state index in [4.69, 9.17) is 0 Å². The maximum absolute atomic E-state index is 4.03. The lowest BCUT2D eigenvalue weighted by Crippen LogP contribution is -1.60. The van der Waals surface area contributed by atoms with Crippen molar-refractivity contribution in [2.75, 3.05) is 0 Å². The molecule has 1 fully saturated rings. The molecule has 0 aromatic carbocycles. The molecule has 1 saturated carbocycles. The van der Waals surface area contributed by atoms with E-state index in [-0.39, 0.29) is 0 Å². The van der Waals surface area contributed by atoms with Crippen LogP contribution in [0.25, 0.3) is 0 Å². The smallest absolute Gasteiger partial charge is 0.151 e. The van der Waals surface area contributed by atoms with Gasteiger partial charge in [0.15, 0.2) is 5.82 Å². The number of hydrogen-bond acceptors (Lipinski definition) is 2. The summed E-state index contributed by atoms with van der Waals surface area (Å²) in [5.41, 5.74) is 1.41. The fraction of sp³-hybridized carbons (Fsp3) is 0.333. The minimum atomic E-state index is 0.963. The highest BCUT2D eigenvalue weighted by atomic mass is 15.0. The second kappa shape index (κ2) is 1.28. The molecule has 8 heavy (non-hydrogen) atoms. The zero-order valence-electron chi connectivity index (χ0n) is 4.46. The van der Waals surface area contributed by atoms with E-state index >= 15 is 0 Å². The third-order valence-electron chi connectivity index (χ3n) is 1.28. The van der Waals surface area contributed by atoms with Crippen LogP contribution in [-0.2, 0) is 0 Å². The van der Waals surface area contributed by atoms with Crippen LogP contribution in [0, 0.1) is 0 Å². The number of rotatable bonds is 0. The largest absolute Gasteiger partial charge is 0.236 e. The van der Waals surface area contributed by atoms with Crippen molar-refractivity contribution in [1.29, 1.82) is 0 Å². The number of hydrogen-bond donors (Lipinski definition) is 0. The van der Waals surface area contributed by atoms with Crippen molar-refractivity contribution in [2.45, 2.75) is 12.8 Å². The summed E-state index contributed by atoms with van der Waals surface area (Å²) in [7, 11) is 0. The molecule has 0 saturated heterocycles. The number of aliphatic imine (C=N–C) groups is 2. The van der Waals surface area contributed by atoms with Crippen LogP contribution in [0.3, 0.4) is 0 Å². The fourth-order valence-electron chi connectivity index (χ4n) is 0.710. The summed E-state index contributed by atoms with van der Waals surface area (Å²) in [4.78, 5) is 8.06. The lowest BCUT2D eigenvalue weighted by Gasteiger charge is -1.79. The summed E-state index contributed by atoms with van der Waals surface area (Å²) >= 11 is 0. The first-order valence-electron chi connectivity index (χ1n) is 2.75. The Kier molecular flexibility index (Phi) is 0.640. The van der Waals surface area contributed by atoms with Gasteiger partial charge < -0.3 is 0 Å². The van der Waals surface area contributed by atoms with Crippen molar-refractivity contribution in [1.82, 2.24) is 0 Å². The number of allylic oxidation sites excluding steroid dienone is 1. The molecule has 0 aromatic rings. The van der Waals surface area contributed by atoms with Crippen molar-refractivity contribution in [3.63, 3.8) is 0 Å². The van der Waals surface area contributed by atoms with E-state index in [2.05, 4.69) is 9.98 Å². The standard InChI is InChI=1S/C6H6N2/c1-2-5(1)6-7-3-4-8-6/h3-4H,1-2H2. The molecule has 0 aromatic heterocycles. The van der Waals surface area contributed by atoms with Crippen molar-refractivity contribution in [3.05, 3.63) is 11.4 Å². The fourth-order valence-corrected chi connectivity index (χ4v) is 0.710. The highest BCUT2D eigenvalue weighted by molar-refractivity contribution is 6.18. The average molecular weight is 106 g/mol. The van der Waals surface area contributed by atoms with Gasteiger partial charge in [-0.3, -0.25) is 0 Å². The van der Waals surface area contributed by atoms with Crippen LogP contribution in [0.1, 0.15) is 12.8 Å². The zero-order valence-corrected chi connectivity index (χ0v) is 4.46. The predicted molar refractivity (Wildman–Crippen MR) is 33.2 cm³/mol. The molecule has 1 aliphatic heterocycles. The molecule has 0 amide bonds. The first-order valence-corrected chi connectivity index (χ1v) is 2.75. The van der Waals surface area contributed by atoms with Crippen LogP contribution >= 0.6 is 0 Å². The van der Waals surface area contributed by atoms with E-state index in [1.807, 2.05) is 0 Å². The molecule has 2 rings (SSSR count). The third-order valence-corrected chi connectivity index (χ3v) is 1.28. The summed E-state index contributed by atoms with van der Waals surface area (Å²) in [6.07, 6.45) is 5.90. The zero-order chi connectivity index (χ0) is 5.40. The molecule has 2 aliphatic rings. The van der Waals surface area contributed by atoms with Crippen molar-refractivity contribution < 1.29 is 0 Å². The van der Waals surface area contributed by atoms with Gasteiger partial charge in [-0.15, -0.1) is 0 Å². The monoisotopic (exact) mass is 106 g/mol. The highest BCUT2D eigenvalue weighted by Gasteiger charge is 2.17. The van der Waals surface area contributed by atoms with Crippen LogP contribution < -0.4 is 0 Å². The maximum Gasteiger partial charge on any atom is 0.151 e. The molecule has 0 spiro atoms. The highest BCUT2D eigenvalue weighted by Crippen LogP contribution is 2.32. The first-order chi connectivity index (χ1) is 3.97. The van der Waals surface area contributed by atoms with Gasteiger partial charge in [0.2, 0.25) is 0 Å². The quantitative estimate of drug-likeness (QED) is 0.442. The Bertz CT molecular complexity index is 179. The molecule has 0 N–H and O–H groups in total. The predicted octanol–water partition coefficient (Wildman–Crippen LogP) is 1.15. The van der Waals surface area contributed by atoms with Gasteiger partial charge in [-0.1, -0.05) is 0 Å². The Hall–Kier alpha value is -0.920. The summed E-state index contributed by atoms with van der Waals surface area (Å²) in [6.45, 7) is 0. The first kappa shape index (κ1) is 4.01. The lowest BCUT2D eigenvalue weighted by atomic mass is 10.6. The average Bonchev–Trinajstić information content (AvgIpc) is 2.49. The molecule has 0 unspecified atom stereocenters. The third kappa shape index (κ3) is 0.494. The maximum atomic E-state index is 4.03. The molecule has 0 radical (unpaired) electrons. The van der Waals surface area contributed by atoms with E-state index in [0.717, 1.165) is 5.82 Å². The van der Waals surface area contributed by atoms with Gasteiger partial charge in [0.05, 0.1) is 0 Å². The SMILES string of the molecule is C1=NC(=C2CC2)N=C1. The Labute approximate surface area is 47.7 Å². The van der Waals surface area contributed by atoms with Gasteiger partial charge in [0, 0.05) is 12.4 Å². The van der Waals surface area contributed by atoms with E-state index in [0.29, 0.717) is 0 Å². The molecule has 1 heterocycles. The Morgan fingerprint density at radius 3 is 2.25 bits per heavy atom. The van der Waals surface area contributed by atoms with Gasteiger partial charge in [-0.25, -0.2) is 9.98 Å². The Balaban J connectivity index is 2.40. The van der Waals surface area contributed by atoms with Crippen LogP contribution in [0.5, 0.6) is 0 Å². The molecule has 2 heteroatoms. The van der Waals surface area contributed by atoms with Crippen molar-refractivity contribution in [3.8, 4) is 0 Å². The molecule has 2 nitrogen and oxygen atoms in total. The summed E-state index contributed by atoms with van der Waals surface area (Å²) in [5.74, 6) is 0.963. The summed E-state index contributed by atoms with van der Waals surface area (Å²) in [5, 5.41) is 0. The summed E-state index contributed by atoms with van der Waals surface area (Å²) < 4.78 is 0. The van der Waals surface area contributed by atoms with Gasteiger partial charge >= 0.3 is 0 Å². The van der Waals surface area contributed by atoms with Gasteiger partial charge in [-0.2, -0.15) is 0 Å². The van der Waals surface area contributed by atoms with Crippen molar-refractivity contribution >= 4 is 12.4 Å². The number of nitrogens with zero attached hydrogens (tertiary/aromatic N) is 2. The van der Waals surface area contributed by atoms with Crippen LogP contribution in [0.2, 0.25) is 0 Å².